The van der Waals surface area contributed by atoms with Gasteiger partial charge in [0.25, 0.3) is 5.91 Å². The molecule has 0 spiro atoms. The first-order valence-corrected chi connectivity index (χ1v) is 14.9. The Morgan fingerprint density at radius 1 is 1.07 bits per heavy atom. The van der Waals surface area contributed by atoms with Crippen LogP contribution in [0.1, 0.15) is 66.1 Å². The molecule has 2 bridgehead atoms. The lowest BCUT2D eigenvalue weighted by Gasteiger charge is -2.32. The van der Waals surface area contributed by atoms with Crippen molar-refractivity contribution in [3.05, 3.63) is 64.2 Å². The zero-order valence-corrected chi connectivity index (χ0v) is 24.8. The maximum atomic E-state index is 13.5. The second-order valence-corrected chi connectivity index (χ2v) is 12.7. The van der Waals surface area contributed by atoms with E-state index in [1.807, 2.05) is 62.0 Å². The van der Waals surface area contributed by atoms with Crippen LogP contribution >= 0.6 is 11.6 Å². The molecule has 0 unspecified atom stereocenters. The Labute approximate surface area is 246 Å². The first kappa shape index (κ1) is 27.8. The van der Waals surface area contributed by atoms with Crippen molar-refractivity contribution in [1.29, 1.82) is 0 Å². The number of carboxylic acids is 1. The number of amides is 1. The number of benzene rings is 2. The van der Waals surface area contributed by atoms with Gasteiger partial charge in [-0.2, -0.15) is 0 Å². The molecule has 3 aromatic rings. The van der Waals surface area contributed by atoms with E-state index >= 15 is 0 Å². The number of aromatic nitrogens is 2. The Morgan fingerprint density at radius 3 is 2.46 bits per heavy atom. The number of halogens is 1. The quantitative estimate of drug-likeness (QED) is 0.299. The number of rotatable bonds is 8. The van der Waals surface area contributed by atoms with Gasteiger partial charge in [-0.15, -0.1) is 0 Å². The average molecular weight is 576 g/mol. The summed E-state index contributed by atoms with van der Waals surface area (Å²) in [7, 11) is 3.76. The van der Waals surface area contributed by atoms with Crippen LogP contribution in [0.25, 0.3) is 11.1 Å². The van der Waals surface area contributed by atoms with Crippen LogP contribution in [0.15, 0.2) is 36.4 Å². The van der Waals surface area contributed by atoms with Gasteiger partial charge in [-0.1, -0.05) is 35.9 Å². The summed E-state index contributed by atoms with van der Waals surface area (Å²) in [6.07, 6.45) is 6.41. The molecule has 0 atom stereocenters. The lowest BCUT2D eigenvalue weighted by Crippen LogP contribution is -2.34. The lowest BCUT2D eigenvalue weighted by molar-refractivity contribution is -0.148. The van der Waals surface area contributed by atoms with E-state index in [1.54, 1.807) is 0 Å². The molecule has 1 aliphatic heterocycles. The maximum Gasteiger partial charge on any atom is 0.309 e. The van der Waals surface area contributed by atoms with Crippen LogP contribution in [-0.2, 0) is 24.8 Å². The summed E-state index contributed by atoms with van der Waals surface area (Å²) < 4.78 is 1.93. The third kappa shape index (κ3) is 4.81. The minimum atomic E-state index is -0.604. The van der Waals surface area contributed by atoms with Gasteiger partial charge in [-0.25, -0.2) is 4.98 Å². The molecule has 0 radical (unpaired) electrons. The lowest BCUT2D eigenvalue weighted by atomic mass is 9.80. The number of aliphatic carboxylic acids is 1. The first-order valence-electron chi connectivity index (χ1n) is 14.5. The molecule has 2 aromatic carbocycles. The van der Waals surface area contributed by atoms with E-state index in [2.05, 4.69) is 15.5 Å². The number of fused-ring (bicyclic) bond motifs is 3. The molecule has 1 aromatic heterocycles. The molecular formula is C32H38ClN5O3. The third-order valence-corrected chi connectivity index (χ3v) is 10.5. The number of carbonyl (C=O) groups excluding carboxylic acids is 1. The van der Waals surface area contributed by atoms with E-state index < -0.39 is 11.4 Å². The number of nitrogens with zero attached hydrogens (tertiary/aromatic N) is 3. The summed E-state index contributed by atoms with van der Waals surface area (Å²) in [5, 5.41) is 16.6. The monoisotopic (exact) mass is 575 g/mol. The fraction of sp³-hybridized carbons (Fsp3) is 0.469. The molecule has 1 amide bonds. The minimum Gasteiger partial charge on any atom is -0.481 e. The van der Waals surface area contributed by atoms with Crippen molar-refractivity contribution in [2.24, 2.45) is 17.9 Å². The Hall–Kier alpha value is -3.36. The summed E-state index contributed by atoms with van der Waals surface area (Å²) in [5.41, 5.74) is 6.16. The van der Waals surface area contributed by atoms with Gasteiger partial charge in [0.05, 0.1) is 21.8 Å². The number of imidazole rings is 1. The van der Waals surface area contributed by atoms with Crippen LogP contribution in [0.5, 0.6) is 0 Å². The van der Waals surface area contributed by atoms with Crippen molar-refractivity contribution in [2.75, 3.05) is 30.8 Å². The highest BCUT2D eigenvalue weighted by Gasteiger charge is 2.57. The van der Waals surface area contributed by atoms with Crippen LogP contribution in [0.2, 0.25) is 5.02 Å². The van der Waals surface area contributed by atoms with E-state index in [9.17, 15) is 14.7 Å². The van der Waals surface area contributed by atoms with Gasteiger partial charge >= 0.3 is 5.97 Å². The van der Waals surface area contributed by atoms with Crippen molar-refractivity contribution in [1.82, 2.24) is 14.5 Å². The standard InChI is InChI=1S/C32H38ClN5O3/c1-20-21(22-7-5-9-24(34-2)27(22)33)6-4-8-23(20)36-29(39)28-35-25-18-38(16-10-26(25)37(28)3)17-15-31-11-13-32(19-31,14-12-31)30(40)41/h4-9,34H,10-19H2,1-3H3,(H,36,39)(H,40,41). The molecule has 41 heavy (non-hydrogen) atoms. The van der Waals surface area contributed by atoms with Crippen molar-refractivity contribution in [2.45, 2.75) is 58.4 Å². The van der Waals surface area contributed by atoms with Gasteiger partial charge in [-0.3, -0.25) is 14.5 Å². The topological polar surface area (TPSA) is 99.5 Å². The summed E-state index contributed by atoms with van der Waals surface area (Å²) in [6, 6.07) is 11.7. The summed E-state index contributed by atoms with van der Waals surface area (Å²) in [4.78, 5) is 32.6. The summed E-state index contributed by atoms with van der Waals surface area (Å²) in [5.74, 6) is -0.426. The molecule has 3 aliphatic rings. The van der Waals surface area contributed by atoms with E-state index in [0.717, 1.165) is 97.5 Å². The highest BCUT2D eigenvalue weighted by atomic mass is 35.5. The number of carboxylic acid groups (broad SMARTS) is 1. The number of carbonyl (C=O) groups is 2. The number of hydrogen-bond acceptors (Lipinski definition) is 5. The fourth-order valence-electron chi connectivity index (χ4n) is 7.50. The van der Waals surface area contributed by atoms with E-state index in [1.165, 1.54) is 0 Å². The van der Waals surface area contributed by atoms with Crippen molar-refractivity contribution < 1.29 is 14.7 Å². The molecule has 216 valence electrons. The SMILES string of the molecule is CNc1cccc(-c2cccc(NC(=O)c3nc4c(n3C)CCN(CCC35CCC(C(=O)O)(CC3)C5)C4)c2C)c1Cl. The van der Waals surface area contributed by atoms with Crippen molar-refractivity contribution in [3.8, 4) is 11.1 Å². The normalized spacial score (nSPS) is 23.4. The van der Waals surface area contributed by atoms with Gasteiger partial charge in [0.1, 0.15) is 0 Å². The Morgan fingerprint density at radius 2 is 1.78 bits per heavy atom. The van der Waals surface area contributed by atoms with Gasteiger partial charge in [-0.05, 0) is 80.7 Å². The van der Waals surface area contributed by atoms with Crippen LogP contribution in [0.4, 0.5) is 11.4 Å². The molecule has 2 fully saturated rings. The smallest absolute Gasteiger partial charge is 0.309 e. The molecule has 0 saturated heterocycles. The molecule has 3 N–H and O–H groups in total. The zero-order valence-electron chi connectivity index (χ0n) is 24.0. The number of nitrogens with one attached hydrogen (secondary N) is 2. The third-order valence-electron chi connectivity index (χ3n) is 10.1. The second-order valence-electron chi connectivity index (χ2n) is 12.3. The Balaban J connectivity index is 1.15. The van der Waals surface area contributed by atoms with Gasteiger partial charge in [0.2, 0.25) is 0 Å². The largest absolute Gasteiger partial charge is 0.481 e. The van der Waals surface area contributed by atoms with Gasteiger partial charge in [0, 0.05) is 50.6 Å². The van der Waals surface area contributed by atoms with E-state index in [4.69, 9.17) is 16.6 Å². The van der Waals surface area contributed by atoms with Gasteiger partial charge < -0.3 is 20.3 Å². The van der Waals surface area contributed by atoms with Gasteiger partial charge in [0.15, 0.2) is 5.82 Å². The fourth-order valence-corrected chi connectivity index (χ4v) is 7.83. The second kappa shape index (κ2) is 10.5. The van der Waals surface area contributed by atoms with Crippen LogP contribution in [0, 0.1) is 17.8 Å². The highest BCUT2D eigenvalue weighted by molar-refractivity contribution is 6.36. The Kier molecular flexibility index (Phi) is 7.10. The van der Waals surface area contributed by atoms with Crippen molar-refractivity contribution >= 4 is 34.9 Å². The van der Waals surface area contributed by atoms with E-state index in [-0.39, 0.29) is 11.3 Å². The van der Waals surface area contributed by atoms with Crippen LogP contribution in [0.3, 0.4) is 0 Å². The van der Waals surface area contributed by atoms with E-state index in [0.29, 0.717) is 17.4 Å². The average Bonchev–Trinajstić information content (AvgIpc) is 3.64. The van der Waals surface area contributed by atoms with Crippen LogP contribution in [-0.4, -0.2) is 51.6 Å². The number of anilines is 2. The molecule has 6 rings (SSSR count). The zero-order chi connectivity index (χ0) is 28.9. The maximum absolute atomic E-state index is 13.5. The van der Waals surface area contributed by atoms with Crippen LogP contribution < -0.4 is 10.6 Å². The minimum absolute atomic E-state index is 0.179. The van der Waals surface area contributed by atoms with Crippen molar-refractivity contribution in [3.63, 3.8) is 0 Å². The molecule has 2 aliphatic carbocycles. The first-order chi connectivity index (χ1) is 19.7. The highest BCUT2D eigenvalue weighted by Crippen LogP contribution is 2.63. The summed E-state index contributed by atoms with van der Waals surface area (Å²) in [6.45, 7) is 4.56. The Bertz CT molecular complexity index is 1520. The number of hydrogen-bond donors (Lipinski definition) is 3. The molecule has 8 nitrogen and oxygen atoms in total. The molecule has 2 heterocycles. The summed E-state index contributed by atoms with van der Waals surface area (Å²) >= 11 is 6.67. The predicted octanol–water partition coefficient (Wildman–Crippen LogP) is 6.13. The molecular weight excluding hydrogens is 538 g/mol. The predicted molar refractivity (Wildman–Crippen MR) is 162 cm³/mol. The molecule has 2 saturated carbocycles. The molecule has 9 heteroatoms.